The zero-order valence-corrected chi connectivity index (χ0v) is 11.6. The summed E-state index contributed by atoms with van der Waals surface area (Å²) in [5.41, 5.74) is 0. The smallest absolute Gasteiger partial charge is 0.408 e. The van der Waals surface area contributed by atoms with Gasteiger partial charge in [-0.1, -0.05) is 19.3 Å². The summed E-state index contributed by atoms with van der Waals surface area (Å²) in [7, 11) is 0. The van der Waals surface area contributed by atoms with E-state index in [-0.39, 0.29) is 0 Å². The van der Waals surface area contributed by atoms with Crippen molar-refractivity contribution < 1.29 is 19.1 Å². The van der Waals surface area contributed by atoms with Crippen LogP contribution in [-0.2, 0) is 14.3 Å². The normalized spacial score (nSPS) is 21.1. The van der Waals surface area contributed by atoms with Gasteiger partial charge in [-0.05, 0) is 25.7 Å². The van der Waals surface area contributed by atoms with Gasteiger partial charge in [-0.25, -0.2) is 4.79 Å². The molecule has 1 aliphatic carbocycles. The van der Waals surface area contributed by atoms with Gasteiger partial charge in [-0.2, -0.15) is 0 Å². The van der Waals surface area contributed by atoms with E-state index in [4.69, 9.17) is 4.74 Å². The minimum atomic E-state index is -0.705. The van der Waals surface area contributed by atoms with Crippen LogP contribution >= 0.6 is 0 Å². The zero-order chi connectivity index (χ0) is 14.5. The largest absolute Gasteiger partial charge is 0.449 e. The highest BCUT2D eigenvalue weighted by molar-refractivity contribution is 6.13. The van der Waals surface area contributed by atoms with Gasteiger partial charge in [0.05, 0.1) is 6.61 Å². The predicted octanol–water partition coefficient (Wildman–Crippen LogP) is 1.56. The molecule has 0 aromatic heterocycles. The van der Waals surface area contributed by atoms with E-state index >= 15 is 0 Å². The van der Waals surface area contributed by atoms with E-state index in [1.54, 1.807) is 6.92 Å². The van der Waals surface area contributed by atoms with Crippen LogP contribution in [0.4, 0.5) is 4.79 Å². The van der Waals surface area contributed by atoms with Gasteiger partial charge in [0, 0.05) is 12.2 Å². The maximum atomic E-state index is 11.7. The fourth-order valence-corrected chi connectivity index (χ4v) is 2.62. The Hall–Kier alpha value is -1.85. The molecular weight excluding hydrogens is 260 g/mol. The predicted molar refractivity (Wildman–Crippen MR) is 71.5 cm³/mol. The minimum Gasteiger partial charge on any atom is -0.449 e. The molecule has 1 unspecified atom stereocenters. The van der Waals surface area contributed by atoms with Gasteiger partial charge in [0.1, 0.15) is 6.17 Å². The van der Waals surface area contributed by atoms with E-state index in [0.29, 0.717) is 12.5 Å². The lowest BCUT2D eigenvalue weighted by Gasteiger charge is -2.24. The molecule has 3 amide bonds. The lowest BCUT2D eigenvalue weighted by Crippen LogP contribution is -2.49. The highest BCUT2D eigenvalue weighted by Crippen LogP contribution is 2.23. The number of alkyl carbamates (subject to hydrolysis) is 1. The van der Waals surface area contributed by atoms with Gasteiger partial charge < -0.3 is 10.1 Å². The molecular formula is C14H20N2O4. The number of rotatable bonds is 4. The van der Waals surface area contributed by atoms with Gasteiger partial charge in [0.2, 0.25) is 0 Å². The van der Waals surface area contributed by atoms with E-state index in [9.17, 15) is 14.4 Å². The average Bonchev–Trinajstić information content (AvgIpc) is 2.77. The SMILES string of the molecule is CC(NC(=O)OCC1CCCCC1)N1C(=O)C=CC1=O. The number of carbonyl (C=O) groups is 3. The van der Waals surface area contributed by atoms with Crippen molar-refractivity contribution in [2.24, 2.45) is 5.92 Å². The molecule has 2 rings (SSSR count). The van der Waals surface area contributed by atoms with Crippen LogP contribution in [0.25, 0.3) is 0 Å². The number of carbonyl (C=O) groups excluding carboxylic acids is 3. The number of amides is 3. The molecule has 0 aromatic rings. The topological polar surface area (TPSA) is 75.7 Å². The molecule has 1 heterocycles. The van der Waals surface area contributed by atoms with E-state index in [0.717, 1.165) is 17.7 Å². The van der Waals surface area contributed by atoms with E-state index in [2.05, 4.69) is 5.32 Å². The first-order valence-corrected chi connectivity index (χ1v) is 7.06. The summed E-state index contributed by atoms with van der Waals surface area (Å²) in [4.78, 5) is 35.5. The second kappa shape index (κ2) is 6.54. The third kappa shape index (κ3) is 3.59. The maximum absolute atomic E-state index is 11.7. The van der Waals surface area contributed by atoms with Crippen molar-refractivity contribution in [3.05, 3.63) is 12.2 Å². The van der Waals surface area contributed by atoms with Crippen LogP contribution in [-0.4, -0.2) is 35.6 Å². The van der Waals surface area contributed by atoms with Crippen LogP contribution in [0.1, 0.15) is 39.0 Å². The van der Waals surface area contributed by atoms with Gasteiger partial charge in [0.25, 0.3) is 11.8 Å². The quantitative estimate of drug-likeness (QED) is 0.793. The van der Waals surface area contributed by atoms with Crippen molar-refractivity contribution in [3.8, 4) is 0 Å². The molecule has 0 bridgehead atoms. The molecule has 0 radical (unpaired) electrons. The number of ether oxygens (including phenoxy) is 1. The first-order chi connectivity index (χ1) is 9.58. The molecule has 0 aromatic carbocycles. The summed E-state index contributed by atoms with van der Waals surface area (Å²) in [5, 5.41) is 2.51. The van der Waals surface area contributed by atoms with Gasteiger partial charge in [-0.3, -0.25) is 14.5 Å². The Bertz CT molecular complexity index is 409. The fraction of sp³-hybridized carbons (Fsp3) is 0.643. The van der Waals surface area contributed by atoms with Crippen LogP contribution in [0.2, 0.25) is 0 Å². The number of nitrogens with zero attached hydrogens (tertiary/aromatic N) is 1. The maximum Gasteiger partial charge on any atom is 0.408 e. The van der Waals surface area contributed by atoms with Crippen LogP contribution < -0.4 is 5.32 Å². The summed E-state index contributed by atoms with van der Waals surface area (Å²) >= 11 is 0. The minimum absolute atomic E-state index is 0.401. The highest BCUT2D eigenvalue weighted by atomic mass is 16.5. The Labute approximate surface area is 118 Å². The second-order valence-electron chi connectivity index (χ2n) is 5.30. The fourth-order valence-electron chi connectivity index (χ4n) is 2.62. The van der Waals surface area contributed by atoms with Crippen molar-refractivity contribution in [2.75, 3.05) is 6.61 Å². The Morgan fingerprint density at radius 1 is 1.30 bits per heavy atom. The second-order valence-corrected chi connectivity index (χ2v) is 5.30. The van der Waals surface area contributed by atoms with Gasteiger partial charge in [-0.15, -0.1) is 0 Å². The zero-order valence-electron chi connectivity index (χ0n) is 11.6. The molecule has 6 nitrogen and oxygen atoms in total. The van der Waals surface area contributed by atoms with Crippen molar-refractivity contribution in [3.63, 3.8) is 0 Å². The molecule has 0 saturated heterocycles. The number of nitrogens with one attached hydrogen (secondary N) is 1. The lowest BCUT2D eigenvalue weighted by atomic mass is 9.90. The van der Waals surface area contributed by atoms with Gasteiger partial charge in [0.15, 0.2) is 0 Å². The number of imide groups is 1. The molecule has 0 spiro atoms. The van der Waals surface area contributed by atoms with Crippen molar-refractivity contribution >= 4 is 17.9 Å². The molecule has 110 valence electrons. The van der Waals surface area contributed by atoms with Gasteiger partial charge >= 0.3 is 6.09 Å². The van der Waals surface area contributed by atoms with E-state index < -0.39 is 24.1 Å². The van der Waals surface area contributed by atoms with Crippen LogP contribution in [0, 0.1) is 5.92 Å². The average molecular weight is 280 g/mol. The van der Waals surface area contributed by atoms with E-state index in [1.807, 2.05) is 0 Å². The number of hydrogen-bond donors (Lipinski definition) is 1. The third-order valence-electron chi connectivity index (χ3n) is 3.73. The standard InChI is InChI=1S/C14H20N2O4/c1-10(16-12(17)7-8-13(16)18)15-14(19)20-9-11-5-3-2-4-6-11/h7-8,10-11H,2-6,9H2,1H3,(H,15,19). The van der Waals surface area contributed by atoms with E-state index in [1.165, 1.54) is 31.4 Å². The molecule has 1 N–H and O–H groups in total. The highest BCUT2D eigenvalue weighted by Gasteiger charge is 2.29. The summed E-state index contributed by atoms with van der Waals surface area (Å²) in [6.45, 7) is 1.98. The summed E-state index contributed by atoms with van der Waals surface area (Å²) in [6.07, 6.45) is 6.90. The molecule has 1 fully saturated rings. The Morgan fingerprint density at radius 2 is 1.90 bits per heavy atom. The molecule has 6 heteroatoms. The molecule has 1 saturated carbocycles. The van der Waals surface area contributed by atoms with Crippen LogP contribution in [0.15, 0.2) is 12.2 Å². The summed E-state index contributed by atoms with van der Waals surface area (Å²) < 4.78 is 5.16. The molecule has 2 aliphatic rings. The molecule has 1 aliphatic heterocycles. The Kier molecular flexibility index (Phi) is 4.76. The Morgan fingerprint density at radius 3 is 2.50 bits per heavy atom. The summed E-state index contributed by atoms with van der Waals surface area (Å²) in [5.74, 6) is -0.410. The van der Waals surface area contributed by atoms with Crippen molar-refractivity contribution in [1.29, 1.82) is 0 Å². The first kappa shape index (κ1) is 14.6. The third-order valence-corrected chi connectivity index (χ3v) is 3.73. The summed E-state index contributed by atoms with van der Waals surface area (Å²) in [6, 6.07) is 0. The van der Waals surface area contributed by atoms with Crippen LogP contribution in [0.5, 0.6) is 0 Å². The van der Waals surface area contributed by atoms with Crippen molar-refractivity contribution in [1.82, 2.24) is 10.2 Å². The Balaban J connectivity index is 1.73. The molecule has 1 atom stereocenters. The van der Waals surface area contributed by atoms with Crippen molar-refractivity contribution in [2.45, 2.75) is 45.2 Å². The number of hydrogen-bond acceptors (Lipinski definition) is 4. The molecule has 20 heavy (non-hydrogen) atoms. The monoisotopic (exact) mass is 280 g/mol. The lowest BCUT2D eigenvalue weighted by molar-refractivity contribution is -0.139. The van der Waals surface area contributed by atoms with Crippen LogP contribution in [0.3, 0.4) is 0 Å². The first-order valence-electron chi connectivity index (χ1n) is 7.06.